The van der Waals surface area contributed by atoms with Gasteiger partial charge in [-0.25, -0.2) is 0 Å². The third-order valence-electron chi connectivity index (χ3n) is 1.12. The highest BCUT2D eigenvalue weighted by Crippen LogP contribution is 2.60. The molecule has 0 bridgehead atoms. The summed E-state index contributed by atoms with van der Waals surface area (Å²) >= 11 is 1.01. The third kappa shape index (κ3) is 5.91. The molecule has 0 saturated heterocycles. The van der Waals surface area contributed by atoms with E-state index >= 15 is 0 Å². The molecule has 0 aromatic heterocycles. The van der Waals surface area contributed by atoms with Gasteiger partial charge in [-0.3, -0.25) is 9.36 Å². The molecule has 0 saturated carbocycles. The van der Waals surface area contributed by atoms with Gasteiger partial charge in [-0.2, -0.15) is 0 Å². The second-order valence-electron chi connectivity index (χ2n) is 2.12. The van der Waals surface area contributed by atoms with Crippen molar-refractivity contribution in [1.29, 1.82) is 0 Å². The van der Waals surface area contributed by atoms with E-state index in [1.165, 1.54) is 5.82 Å². The normalized spacial score (nSPS) is 14.8. The highest BCUT2D eigenvalue weighted by Gasteiger charge is 2.18. The van der Waals surface area contributed by atoms with Gasteiger partial charge in [-0.05, 0) is 6.92 Å². The summed E-state index contributed by atoms with van der Waals surface area (Å²) in [4.78, 5) is 10.2. The van der Waals surface area contributed by atoms with Gasteiger partial charge in [0.05, 0.1) is 13.0 Å². The first kappa shape index (κ1) is 12.8. The lowest BCUT2D eigenvalue weighted by Gasteiger charge is -2.11. The standard InChI is InChI=1S/C7H13O4PS/c1-3-11-12(10,4-2)13-6-5-7(8)9/h4H,2-3,5-6H2,1H3,(H,8,9). The fraction of sp³-hybridized carbons (Fsp3) is 0.571. The van der Waals surface area contributed by atoms with Gasteiger partial charge in [0.25, 0.3) is 6.57 Å². The van der Waals surface area contributed by atoms with E-state index in [2.05, 4.69) is 6.58 Å². The van der Waals surface area contributed by atoms with Crippen LogP contribution in [-0.4, -0.2) is 23.4 Å². The lowest BCUT2D eigenvalue weighted by atomic mass is 10.5. The van der Waals surface area contributed by atoms with E-state index in [1.807, 2.05) is 0 Å². The first-order chi connectivity index (χ1) is 6.04. The van der Waals surface area contributed by atoms with Gasteiger partial charge in [-0.1, -0.05) is 18.0 Å². The van der Waals surface area contributed by atoms with Crippen molar-refractivity contribution in [3.05, 3.63) is 12.4 Å². The van der Waals surface area contributed by atoms with Crippen molar-refractivity contribution in [2.75, 3.05) is 12.4 Å². The monoisotopic (exact) mass is 224 g/mol. The van der Waals surface area contributed by atoms with E-state index in [1.54, 1.807) is 6.92 Å². The first-order valence-electron chi connectivity index (χ1n) is 3.78. The van der Waals surface area contributed by atoms with Crippen LogP contribution in [0.5, 0.6) is 0 Å². The highest BCUT2D eigenvalue weighted by atomic mass is 32.7. The Morgan fingerprint density at radius 1 is 1.77 bits per heavy atom. The Morgan fingerprint density at radius 3 is 2.77 bits per heavy atom. The lowest BCUT2D eigenvalue weighted by molar-refractivity contribution is -0.136. The number of carbonyl (C=O) groups is 1. The van der Waals surface area contributed by atoms with Crippen molar-refractivity contribution in [1.82, 2.24) is 0 Å². The van der Waals surface area contributed by atoms with Gasteiger partial charge in [0.15, 0.2) is 0 Å². The summed E-state index contributed by atoms with van der Waals surface area (Å²) in [6.07, 6.45) is -0.0183. The van der Waals surface area contributed by atoms with Crippen LogP contribution < -0.4 is 0 Å². The Kier molecular flexibility index (Phi) is 6.12. The van der Waals surface area contributed by atoms with Crippen LogP contribution in [0.4, 0.5) is 0 Å². The predicted molar refractivity (Wildman–Crippen MR) is 54.1 cm³/mol. The summed E-state index contributed by atoms with van der Waals surface area (Å²) in [5, 5.41) is 8.34. The molecule has 0 fully saturated rings. The average molecular weight is 224 g/mol. The van der Waals surface area contributed by atoms with Crippen molar-refractivity contribution in [2.45, 2.75) is 13.3 Å². The Bertz CT molecular complexity index is 229. The van der Waals surface area contributed by atoms with E-state index in [9.17, 15) is 9.36 Å². The fourth-order valence-corrected chi connectivity index (χ4v) is 3.64. The van der Waals surface area contributed by atoms with Crippen molar-refractivity contribution in [3.8, 4) is 0 Å². The van der Waals surface area contributed by atoms with E-state index in [0.29, 0.717) is 6.61 Å². The summed E-state index contributed by atoms with van der Waals surface area (Å²) in [5.74, 6) is 0.626. The number of hydrogen-bond donors (Lipinski definition) is 1. The van der Waals surface area contributed by atoms with Crippen LogP contribution in [0.25, 0.3) is 0 Å². The Balaban J connectivity index is 3.91. The van der Waals surface area contributed by atoms with Crippen LogP contribution in [-0.2, 0) is 13.9 Å². The molecule has 0 rings (SSSR count). The summed E-state index contributed by atoms with van der Waals surface area (Å²) in [5.41, 5.74) is 0. The van der Waals surface area contributed by atoms with Crippen LogP contribution in [0.15, 0.2) is 12.4 Å². The van der Waals surface area contributed by atoms with Crippen LogP contribution >= 0.6 is 18.0 Å². The highest BCUT2D eigenvalue weighted by molar-refractivity contribution is 8.57. The number of aliphatic carboxylic acids is 1. The average Bonchev–Trinajstić information content (AvgIpc) is 2.04. The smallest absolute Gasteiger partial charge is 0.304 e. The Morgan fingerprint density at radius 2 is 2.38 bits per heavy atom. The van der Waals surface area contributed by atoms with E-state index < -0.39 is 12.5 Å². The number of hydrogen-bond acceptors (Lipinski definition) is 4. The zero-order valence-electron chi connectivity index (χ0n) is 7.43. The molecule has 0 heterocycles. The maximum Gasteiger partial charge on any atom is 0.304 e. The molecular formula is C7H13O4PS. The Hall–Kier alpha value is -0.250. The summed E-state index contributed by atoms with van der Waals surface area (Å²) < 4.78 is 16.6. The topological polar surface area (TPSA) is 63.6 Å². The van der Waals surface area contributed by atoms with E-state index in [-0.39, 0.29) is 12.2 Å². The van der Waals surface area contributed by atoms with Gasteiger partial charge < -0.3 is 9.63 Å². The second kappa shape index (κ2) is 6.24. The first-order valence-corrected chi connectivity index (χ1v) is 7.06. The zero-order chi connectivity index (χ0) is 10.3. The fourth-order valence-electron chi connectivity index (χ4n) is 0.583. The molecule has 1 atom stereocenters. The molecule has 76 valence electrons. The molecule has 0 spiro atoms. The van der Waals surface area contributed by atoms with Crippen molar-refractivity contribution in [3.63, 3.8) is 0 Å². The molecular weight excluding hydrogens is 211 g/mol. The molecule has 6 heteroatoms. The molecule has 0 aromatic rings. The molecule has 13 heavy (non-hydrogen) atoms. The molecule has 4 nitrogen and oxygen atoms in total. The van der Waals surface area contributed by atoms with Gasteiger partial charge >= 0.3 is 5.97 Å². The molecule has 1 unspecified atom stereocenters. The van der Waals surface area contributed by atoms with Crippen LogP contribution in [0.2, 0.25) is 0 Å². The third-order valence-corrected chi connectivity index (χ3v) is 5.32. The summed E-state index contributed by atoms with van der Waals surface area (Å²) in [6.45, 7) is 2.62. The number of rotatable bonds is 7. The summed E-state index contributed by atoms with van der Waals surface area (Å²) in [7, 11) is 0. The second-order valence-corrected chi connectivity index (χ2v) is 6.79. The Labute approximate surface area is 81.6 Å². The van der Waals surface area contributed by atoms with E-state index in [0.717, 1.165) is 11.4 Å². The maximum absolute atomic E-state index is 11.6. The largest absolute Gasteiger partial charge is 0.481 e. The van der Waals surface area contributed by atoms with Crippen molar-refractivity contribution >= 4 is 23.9 Å². The van der Waals surface area contributed by atoms with Crippen molar-refractivity contribution < 1.29 is 19.0 Å². The number of carboxylic acid groups (broad SMARTS) is 1. The predicted octanol–water partition coefficient (Wildman–Crippen LogP) is 2.57. The van der Waals surface area contributed by atoms with Crippen LogP contribution in [0.1, 0.15) is 13.3 Å². The van der Waals surface area contributed by atoms with E-state index in [4.69, 9.17) is 9.63 Å². The van der Waals surface area contributed by atoms with Gasteiger partial charge in [0.1, 0.15) is 0 Å². The molecule has 0 aliphatic heterocycles. The SMILES string of the molecule is C=CP(=O)(OCC)SCCC(=O)O. The quantitative estimate of drug-likeness (QED) is 0.673. The molecule has 0 aliphatic carbocycles. The van der Waals surface area contributed by atoms with Crippen LogP contribution in [0, 0.1) is 0 Å². The molecule has 0 radical (unpaired) electrons. The maximum atomic E-state index is 11.6. The minimum atomic E-state index is -2.84. The molecule has 0 aromatic carbocycles. The minimum absolute atomic E-state index is 0.0183. The van der Waals surface area contributed by atoms with Crippen molar-refractivity contribution in [2.24, 2.45) is 0 Å². The molecule has 0 aliphatic rings. The molecule has 0 amide bonds. The van der Waals surface area contributed by atoms with Crippen LogP contribution in [0.3, 0.4) is 0 Å². The zero-order valence-corrected chi connectivity index (χ0v) is 9.14. The number of carboxylic acids is 1. The van der Waals surface area contributed by atoms with Gasteiger partial charge in [-0.15, -0.1) is 0 Å². The summed E-state index contributed by atoms with van der Waals surface area (Å²) in [6, 6.07) is 0. The molecule has 1 N–H and O–H groups in total. The van der Waals surface area contributed by atoms with Gasteiger partial charge in [0.2, 0.25) is 0 Å². The lowest BCUT2D eigenvalue weighted by Crippen LogP contribution is -1.96. The minimum Gasteiger partial charge on any atom is -0.481 e. The van der Waals surface area contributed by atoms with Gasteiger partial charge in [0, 0.05) is 11.6 Å².